The number of aromatic nitrogens is 4. The lowest BCUT2D eigenvalue weighted by Gasteiger charge is -2.07. The highest BCUT2D eigenvalue weighted by Crippen LogP contribution is 2.26. The van der Waals surface area contributed by atoms with E-state index in [0.29, 0.717) is 35.0 Å². The molecule has 1 N–H and O–H groups in total. The minimum Gasteiger partial charge on any atom is -0.318 e. The predicted molar refractivity (Wildman–Crippen MR) is 135 cm³/mol. The monoisotopic (exact) mass is 542 g/mol. The van der Waals surface area contributed by atoms with Gasteiger partial charge in [-0.1, -0.05) is 28.1 Å². The zero-order valence-electron chi connectivity index (χ0n) is 19.1. The van der Waals surface area contributed by atoms with Crippen LogP contribution in [0.3, 0.4) is 0 Å². The predicted octanol–water partition coefficient (Wildman–Crippen LogP) is 5.39. The Morgan fingerprint density at radius 3 is 2.29 bits per heavy atom. The molecule has 4 aromatic rings. The SMILES string of the molecule is Cc1nn(Cc2ccc(Br)cc2)c(C)c1NC(=O)c1cc(Cn2nc(C)c([N+](=O)[O-])c2C)cs1. The fourth-order valence-corrected chi connectivity index (χ4v) is 4.89. The fourth-order valence-electron chi connectivity index (χ4n) is 3.83. The van der Waals surface area contributed by atoms with Crippen LogP contribution in [0.2, 0.25) is 0 Å². The van der Waals surface area contributed by atoms with Gasteiger partial charge < -0.3 is 5.32 Å². The number of nitro groups is 1. The van der Waals surface area contributed by atoms with Crippen LogP contribution in [0.25, 0.3) is 0 Å². The van der Waals surface area contributed by atoms with E-state index in [0.717, 1.165) is 27.0 Å². The quantitative estimate of drug-likeness (QED) is 0.248. The van der Waals surface area contributed by atoms with Crippen LogP contribution >= 0.6 is 27.3 Å². The highest BCUT2D eigenvalue weighted by Gasteiger charge is 2.22. The summed E-state index contributed by atoms with van der Waals surface area (Å²) in [5.74, 6) is -0.218. The van der Waals surface area contributed by atoms with E-state index < -0.39 is 4.92 Å². The summed E-state index contributed by atoms with van der Waals surface area (Å²) < 4.78 is 4.49. The first-order chi connectivity index (χ1) is 16.1. The summed E-state index contributed by atoms with van der Waals surface area (Å²) in [5, 5.41) is 25.0. The van der Waals surface area contributed by atoms with E-state index in [9.17, 15) is 14.9 Å². The van der Waals surface area contributed by atoms with Crippen molar-refractivity contribution in [3.63, 3.8) is 0 Å². The largest absolute Gasteiger partial charge is 0.318 e. The number of carbonyl (C=O) groups excluding carboxylic acids is 1. The number of nitrogens with one attached hydrogen (secondary N) is 1. The van der Waals surface area contributed by atoms with Crippen LogP contribution in [0, 0.1) is 37.8 Å². The van der Waals surface area contributed by atoms with Crippen LogP contribution in [0.15, 0.2) is 40.2 Å². The van der Waals surface area contributed by atoms with Crippen LogP contribution in [0.4, 0.5) is 11.4 Å². The number of hydrogen-bond donors (Lipinski definition) is 1. The molecule has 0 aliphatic carbocycles. The van der Waals surface area contributed by atoms with Gasteiger partial charge in [-0.05, 0) is 62.4 Å². The standard InChI is InChI=1S/C23H23BrN6O3S/c1-13-21(15(3)28(26-13)10-17-5-7-19(24)8-6-17)25-23(31)20-9-18(12-34-20)11-29-16(4)22(30(32)33)14(2)27-29/h5-9,12H,10-11H2,1-4H3,(H,25,31). The lowest BCUT2D eigenvalue weighted by Crippen LogP contribution is -2.12. The number of rotatable bonds is 7. The van der Waals surface area contributed by atoms with Gasteiger partial charge in [-0.25, -0.2) is 0 Å². The number of hydrogen-bond acceptors (Lipinski definition) is 6. The third-order valence-corrected chi connectivity index (χ3v) is 7.11. The summed E-state index contributed by atoms with van der Waals surface area (Å²) >= 11 is 4.77. The van der Waals surface area contributed by atoms with E-state index in [4.69, 9.17) is 0 Å². The van der Waals surface area contributed by atoms with Gasteiger partial charge in [0, 0.05) is 4.47 Å². The molecule has 3 heterocycles. The Hall–Kier alpha value is -3.31. The lowest BCUT2D eigenvalue weighted by molar-refractivity contribution is -0.386. The normalized spacial score (nSPS) is 11.1. The molecule has 34 heavy (non-hydrogen) atoms. The number of carbonyl (C=O) groups is 1. The summed E-state index contributed by atoms with van der Waals surface area (Å²) in [6.45, 7) is 8.06. The molecule has 0 unspecified atom stereocenters. The number of amides is 1. The van der Waals surface area contributed by atoms with Crippen LogP contribution in [0.5, 0.6) is 0 Å². The molecular weight excluding hydrogens is 520 g/mol. The first-order valence-electron chi connectivity index (χ1n) is 10.5. The summed E-state index contributed by atoms with van der Waals surface area (Å²) in [4.78, 5) is 24.3. The fraction of sp³-hybridized carbons (Fsp3) is 0.261. The molecule has 0 aliphatic heterocycles. The molecular formula is C23H23BrN6O3S. The van der Waals surface area contributed by atoms with Crippen molar-refractivity contribution in [2.24, 2.45) is 0 Å². The van der Waals surface area contributed by atoms with E-state index in [2.05, 4.69) is 31.4 Å². The molecule has 4 rings (SSSR count). The van der Waals surface area contributed by atoms with E-state index >= 15 is 0 Å². The minimum atomic E-state index is -0.414. The molecule has 3 aromatic heterocycles. The van der Waals surface area contributed by atoms with Crippen molar-refractivity contribution in [1.29, 1.82) is 0 Å². The van der Waals surface area contributed by atoms with Crippen molar-refractivity contribution in [2.75, 3.05) is 5.32 Å². The van der Waals surface area contributed by atoms with Crippen molar-refractivity contribution >= 4 is 44.5 Å². The Balaban J connectivity index is 1.48. The first-order valence-corrected chi connectivity index (χ1v) is 12.2. The molecule has 0 radical (unpaired) electrons. The Morgan fingerprint density at radius 2 is 1.65 bits per heavy atom. The molecule has 0 fully saturated rings. The van der Waals surface area contributed by atoms with Gasteiger partial charge in [0.15, 0.2) is 0 Å². The van der Waals surface area contributed by atoms with Crippen molar-refractivity contribution < 1.29 is 9.72 Å². The first kappa shape index (κ1) is 23.8. The molecule has 0 spiro atoms. The van der Waals surface area contributed by atoms with E-state index in [1.807, 2.05) is 48.2 Å². The van der Waals surface area contributed by atoms with Gasteiger partial charge in [-0.15, -0.1) is 11.3 Å². The molecule has 0 bridgehead atoms. The average molecular weight is 543 g/mol. The maximum Gasteiger partial charge on any atom is 0.312 e. The van der Waals surface area contributed by atoms with Crippen LogP contribution in [-0.2, 0) is 13.1 Å². The Bertz CT molecular complexity index is 1390. The van der Waals surface area contributed by atoms with Gasteiger partial charge in [0.1, 0.15) is 11.4 Å². The number of halogens is 1. The number of benzene rings is 1. The summed E-state index contributed by atoms with van der Waals surface area (Å²) in [6, 6.07) is 9.83. The van der Waals surface area contributed by atoms with E-state index in [-0.39, 0.29) is 11.6 Å². The zero-order valence-corrected chi connectivity index (χ0v) is 21.5. The molecule has 11 heteroatoms. The molecule has 0 aliphatic rings. The van der Waals surface area contributed by atoms with Crippen LogP contribution in [0.1, 0.15) is 43.6 Å². The van der Waals surface area contributed by atoms with Crippen LogP contribution in [-0.4, -0.2) is 30.4 Å². The van der Waals surface area contributed by atoms with Crippen molar-refractivity contribution in [2.45, 2.75) is 40.8 Å². The maximum atomic E-state index is 12.9. The molecule has 1 amide bonds. The second-order valence-electron chi connectivity index (χ2n) is 8.04. The Kier molecular flexibility index (Phi) is 6.67. The van der Waals surface area contributed by atoms with E-state index in [1.54, 1.807) is 24.6 Å². The van der Waals surface area contributed by atoms with Gasteiger partial charge in [0.2, 0.25) is 0 Å². The summed E-state index contributed by atoms with van der Waals surface area (Å²) in [6.07, 6.45) is 0. The van der Waals surface area contributed by atoms with Crippen molar-refractivity contribution in [3.05, 3.63) is 89.1 Å². The molecule has 0 saturated heterocycles. The number of thiophene rings is 1. The second kappa shape index (κ2) is 9.51. The third kappa shape index (κ3) is 4.80. The Labute approximate surface area is 208 Å². The maximum absolute atomic E-state index is 12.9. The lowest BCUT2D eigenvalue weighted by atomic mass is 10.2. The topological polar surface area (TPSA) is 108 Å². The smallest absolute Gasteiger partial charge is 0.312 e. The second-order valence-corrected chi connectivity index (χ2v) is 9.86. The average Bonchev–Trinajstić information content (AvgIpc) is 3.43. The molecule has 0 atom stereocenters. The van der Waals surface area contributed by atoms with Gasteiger partial charge in [0.25, 0.3) is 5.91 Å². The van der Waals surface area contributed by atoms with E-state index in [1.165, 1.54) is 11.3 Å². The minimum absolute atomic E-state index is 0.0271. The molecule has 9 nitrogen and oxygen atoms in total. The summed E-state index contributed by atoms with van der Waals surface area (Å²) in [5.41, 5.74) is 5.18. The number of aryl methyl sites for hydroxylation is 2. The van der Waals surface area contributed by atoms with Crippen molar-refractivity contribution in [1.82, 2.24) is 19.6 Å². The highest BCUT2D eigenvalue weighted by atomic mass is 79.9. The molecule has 176 valence electrons. The number of anilines is 1. The Morgan fingerprint density at radius 1 is 1.03 bits per heavy atom. The molecule has 0 saturated carbocycles. The van der Waals surface area contributed by atoms with Gasteiger partial charge in [0.05, 0.1) is 40.0 Å². The summed E-state index contributed by atoms with van der Waals surface area (Å²) in [7, 11) is 0. The number of nitrogens with zero attached hydrogens (tertiary/aromatic N) is 5. The van der Waals surface area contributed by atoms with Gasteiger partial charge >= 0.3 is 5.69 Å². The third-order valence-electron chi connectivity index (χ3n) is 5.60. The van der Waals surface area contributed by atoms with Crippen LogP contribution < -0.4 is 5.32 Å². The highest BCUT2D eigenvalue weighted by molar-refractivity contribution is 9.10. The van der Waals surface area contributed by atoms with Crippen molar-refractivity contribution in [3.8, 4) is 0 Å². The van der Waals surface area contributed by atoms with Gasteiger partial charge in [-0.3, -0.25) is 24.3 Å². The molecule has 1 aromatic carbocycles. The van der Waals surface area contributed by atoms with Gasteiger partial charge in [-0.2, -0.15) is 10.2 Å². The zero-order chi connectivity index (χ0) is 24.6.